The molecule has 3 aromatic rings. The number of methoxy groups -OCH3 is 1. The summed E-state index contributed by atoms with van der Waals surface area (Å²) in [5, 5.41) is 2.33. The largest absolute Gasteiger partial charge is 0.493 e. The van der Waals surface area contributed by atoms with Crippen molar-refractivity contribution in [3.8, 4) is 11.5 Å². The van der Waals surface area contributed by atoms with Gasteiger partial charge in [-0.15, -0.1) is 0 Å². The Balaban J connectivity index is 1.44. The number of likely N-dealkylation sites (tertiary alicyclic amines) is 1. The molecule has 0 saturated carbocycles. The van der Waals surface area contributed by atoms with Crippen molar-refractivity contribution in [1.82, 2.24) is 4.90 Å². The van der Waals surface area contributed by atoms with Gasteiger partial charge in [-0.25, -0.2) is 0 Å². The molecule has 33 heavy (non-hydrogen) atoms. The van der Waals surface area contributed by atoms with Gasteiger partial charge in [0.15, 0.2) is 18.1 Å². The zero-order chi connectivity index (χ0) is 23.4. The minimum absolute atomic E-state index is 0.0282. The number of benzene rings is 3. The van der Waals surface area contributed by atoms with E-state index >= 15 is 0 Å². The van der Waals surface area contributed by atoms with Crippen molar-refractivity contribution < 1.29 is 27.4 Å². The van der Waals surface area contributed by atoms with Crippen molar-refractivity contribution in [3.63, 3.8) is 0 Å². The van der Waals surface area contributed by atoms with Crippen LogP contribution in [0.5, 0.6) is 11.5 Å². The molecule has 1 heterocycles. The van der Waals surface area contributed by atoms with E-state index in [9.17, 15) is 18.0 Å². The normalized spacial score (nSPS) is 16.2. The van der Waals surface area contributed by atoms with Crippen LogP contribution in [0.15, 0.2) is 60.7 Å². The van der Waals surface area contributed by atoms with Gasteiger partial charge in [0.2, 0.25) is 5.91 Å². The van der Waals surface area contributed by atoms with Gasteiger partial charge in [0.1, 0.15) is 0 Å². The van der Waals surface area contributed by atoms with Crippen molar-refractivity contribution >= 4 is 16.7 Å². The van der Waals surface area contributed by atoms with E-state index in [1.54, 1.807) is 12.1 Å². The summed E-state index contributed by atoms with van der Waals surface area (Å²) in [7, 11) is 1.38. The summed E-state index contributed by atoms with van der Waals surface area (Å²) in [5.41, 5.74) is 1.98. The van der Waals surface area contributed by atoms with Crippen molar-refractivity contribution in [1.29, 1.82) is 0 Å². The molecule has 3 aromatic carbocycles. The first-order valence-corrected chi connectivity index (χ1v) is 11.0. The maximum absolute atomic E-state index is 13.1. The van der Waals surface area contributed by atoms with Crippen molar-refractivity contribution in [3.05, 3.63) is 71.8 Å². The molecule has 1 saturated heterocycles. The van der Waals surface area contributed by atoms with Crippen LogP contribution in [-0.2, 0) is 11.2 Å². The summed E-state index contributed by atoms with van der Waals surface area (Å²) < 4.78 is 47.4. The molecule has 0 spiro atoms. The first-order chi connectivity index (χ1) is 15.9. The third-order valence-corrected chi connectivity index (χ3v) is 6.00. The fourth-order valence-corrected chi connectivity index (χ4v) is 4.47. The van der Waals surface area contributed by atoms with Gasteiger partial charge >= 0.3 is 6.18 Å². The number of alkyl halides is 3. The van der Waals surface area contributed by atoms with Crippen LogP contribution in [0.25, 0.3) is 10.8 Å². The topological polar surface area (TPSA) is 38.8 Å². The van der Waals surface area contributed by atoms with Gasteiger partial charge in [-0.3, -0.25) is 4.79 Å². The second-order valence-corrected chi connectivity index (χ2v) is 8.20. The highest BCUT2D eigenvalue weighted by Gasteiger charge is 2.31. The molecule has 1 fully saturated rings. The number of hydrogen-bond acceptors (Lipinski definition) is 3. The van der Waals surface area contributed by atoms with E-state index in [-0.39, 0.29) is 23.4 Å². The zero-order valence-corrected chi connectivity index (χ0v) is 18.4. The third-order valence-electron chi connectivity index (χ3n) is 6.00. The van der Waals surface area contributed by atoms with Crippen LogP contribution in [0.4, 0.5) is 13.2 Å². The summed E-state index contributed by atoms with van der Waals surface area (Å²) in [6.07, 6.45) is -1.76. The van der Waals surface area contributed by atoms with Crippen LogP contribution in [-0.4, -0.2) is 37.2 Å². The molecule has 0 aliphatic carbocycles. The molecule has 0 radical (unpaired) electrons. The highest BCUT2D eigenvalue weighted by Crippen LogP contribution is 2.36. The highest BCUT2D eigenvalue weighted by molar-refractivity contribution is 5.87. The molecule has 4 rings (SSSR count). The zero-order valence-electron chi connectivity index (χ0n) is 18.4. The Morgan fingerprint density at radius 3 is 2.64 bits per heavy atom. The number of ether oxygens (including phenoxy) is 2. The van der Waals surface area contributed by atoms with Crippen molar-refractivity contribution in [2.45, 2.75) is 37.9 Å². The molecule has 7 heteroatoms. The van der Waals surface area contributed by atoms with E-state index < -0.39 is 12.8 Å². The predicted octanol–water partition coefficient (Wildman–Crippen LogP) is 6.09. The Morgan fingerprint density at radius 1 is 1.06 bits per heavy atom. The first kappa shape index (κ1) is 23.0. The maximum Gasteiger partial charge on any atom is 0.422 e. The van der Waals surface area contributed by atoms with E-state index in [0.29, 0.717) is 12.8 Å². The summed E-state index contributed by atoms with van der Waals surface area (Å²) >= 11 is 0. The minimum Gasteiger partial charge on any atom is -0.493 e. The minimum atomic E-state index is -4.42. The van der Waals surface area contributed by atoms with Gasteiger partial charge in [0.25, 0.3) is 0 Å². The monoisotopic (exact) mass is 457 g/mol. The van der Waals surface area contributed by atoms with Crippen LogP contribution in [0.1, 0.15) is 36.4 Å². The fourth-order valence-electron chi connectivity index (χ4n) is 4.47. The Labute approximate surface area is 190 Å². The number of carbonyl (C=O) groups excluding carboxylic acids is 1. The number of aryl methyl sites for hydroxylation is 1. The lowest BCUT2D eigenvalue weighted by Gasteiger charge is -2.26. The highest BCUT2D eigenvalue weighted by atomic mass is 19.4. The van der Waals surface area contributed by atoms with E-state index in [0.717, 1.165) is 30.3 Å². The van der Waals surface area contributed by atoms with Gasteiger partial charge in [-0.05, 0) is 53.3 Å². The number of halogens is 3. The van der Waals surface area contributed by atoms with Crippen molar-refractivity contribution in [2.75, 3.05) is 20.3 Å². The van der Waals surface area contributed by atoms with Crippen LogP contribution in [0, 0.1) is 0 Å². The third kappa shape index (κ3) is 5.41. The second-order valence-electron chi connectivity index (χ2n) is 8.20. The smallest absolute Gasteiger partial charge is 0.422 e. The molecule has 1 amide bonds. The molecule has 0 aromatic heterocycles. The number of rotatable bonds is 7. The molecule has 174 valence electrons. The summed E-state index contributed by atoms with van der Waals surface area (Å²) in [4.78, 5) is 15.1. The molecule has 0 N–H and O–H groups in total. The lowest BCUT2D eigenvalue weighted by Crippen LogP contribution is -2.30. The number of carbonyl (C=O) groups is 1. The molecule has 1 atom stereocenters. The Bertz CT molecular complexity index is 1120. The van der Waals surface area contributed by atoms with E-state index in [4.69, 9.17) is 9.47 Å². The lowest BCUT2D eigenvalue weighted by atomic mass is 9.97. The second kappa shape index (κ2) is 9.73. The molecule has 1 aliphatic rings. The quantitative estimate of drug-likeness (QED) is 0.431. The van der Waals surface area contributed by atoms with Gasteiger partial charge in [-0.2, -0.15) is 13.2 Å². The molecule has 0 bridgehead atoms. The predicted molar refractivity (Wildman–Crippen MR) is 121 cm³/mol. The van der Waals surface area contributed by atoms with Crippen molar-refractivity contribution in [2.24, 2.45) is 0 Å². The number of amides is 1. The number of hydrogen-bond donors (Lipinski definition) is 0. The molecular weight excluding hydrogens is 431 g/mol. The van der Waals surface area contributed by atoms with E-state index in [1.807, 2.05) is 23.1 Å². The number of nitrogens with zero attached hydrogens (tertiary/aromatic N) is 1. The van der Waals surface area contributed by atoms with Crippen LogP contribution in [0.2, 0.25) is 0 Å². The standard InChI is InChI=1S/C26H26F3NO3/c1-32-24-16-18(11-13-23(24)33-17-26(27,28)29)12-14-25(31)30-15-5-10-22(30)21-9-4-7-19-6-2-3-8-20(19)21/h2-4,6-9,11,13,16,22H,5,10,12,14-15,17H2,1H3. The van der Waals surface area contributed by atoms with Gasteiger partial charge in [0.05, 0.1) is 13.2 Å². The maximum atomic E-state index is 13.1. The fraction of sp³-hybridized carbons (Fsp3) is 0.346. The Kier molecular flexibility index (Phi) is 6.77. The van der Waals surface area contributed by atoms with Crippen LogP contribution < -0.4 is 9.47 Å². The molecule has 1 unspecified atom stereocenters. The summed E-state index contributed by atoms with van der Waals surface area (Å²) in [6.45, 7) is -0.661. The van der Waals surface area contributed by atoms with Gasteiger partial charge in [-0.1, -0.05) is 48.5 Å². The summed E-state index contributed by atoms with van der Waals surface area (Å²) in [5.74, 6) is 0.321. The van der Waals surface area contributed by atoms with Crippen LogP contribution >= 0.6 is 0 Å². The summed E-state index contributed by atoms with van der Waals surface area (Å²) in [6, 6.07) is 19.2. The van der Waals surface area contributed by atoms with Crippen LogP contribution in [0.3, 0.4) is 0 Å². The van der Waals surface area contributed by atoms with E-state index in [2.05, 4.69) is 24.3 Å². The Morgan fingerprint density at radius 2 is 1.85 bits per heavy atom. The average molecular weight is 457 g/mol. The Hall–Kier alpha value is -3.22. The SMILES string of the molecule is COc1cc(CCC(=O)N2CCCC2c2cccc3ccccc23)ccc1OCC(F)(F)F. The molecule has 1 aliphatic heterocycles. The van der Waals surface area contributed by atoms with Gasteiger partial charge in [0, 0.05) is 13.0 Å². The van der Waals surface area contributed by atoms with Gasteiger partial charge < -0.3 is 14.4 Å². The molecule has 4 nitrogen and oxygen atoms in total. The average Bonchev–Trinajstić information content (AvgIpc) is 3.30. The number of fused-ring (bicyclic) bond motifs is 1. The molecular formula is C26H26F3NO3. The van der Waals surface area contributed by atoms with E-state index in [1.165, 1.54) is 24.1 Å². The first-order valence-electron chi connectivity index (χ1n) is 11.0. The lowest BCUT2D eigenvalue weighted by molar-refractivity contribution is -0.153.